The fourth-order valence-corrected chi connectivity index (χ4v) is 3.95. The van der Waals surface area contributed by atoms with Crippen molar-refractivity contribution >= 4 is 23.0 Å². The lowest BCUT2D eigenvalue weighted by molar-refractivity contribution is 0.293. The molecule has 0 amide bonds. The molecule has 2 N–H and O–H groups in total. The molecule has 5 heteroatoms. The van der Waals surface area contributed by atoms with E-state index in [1.54, 1.807) is 12.1 Å². The molecule has 3 rings (SSSR count). The number of benzene rings is 1. The predicted molar refractivity (Wildman–Crippen MR) is 99.0 cm³/mol. The van der Waals surface area contributed by atoms with Crippen LogP contribution in [0.4, 0.5) is 5.69 Å². The summed E-state index contributed by atoms with van der Waals surface area (Å²) in [4.78, 5) is 4.65. The number of hydrogen-bond acceptors (Lipinski definition) is 3. The Bertz CT molecular complexity index is 526. The van der Waals surface area contributed by atoms with E-state index >= 15 is 0 Å². The molecule has 23 heavy (non-hydrogen) atoms. The second-order valence-electron chi connectivity index (χ2n) is 6.81. The molecular weight excluding hydrogens is 306 g/mol. The average Bonchev–Trinajstić information content (AvgIpc) is 2.58. The Hall–Kier alpha value is -1.49. The molecule has 1 saturated carbocycles. The minimum absolute atomic E-state index is 0.319. The van der Waals surface area contributed by atoms with Crippen LogP contribution in [0.25, 0.3) is 0 Å². The molecule has 1 aromatic rings. The van der Waals surface area contributed by atoms with Gasteiger partial charge in [-0.2, -0.15) is 0 Å². The first kappa shape index (κ1) is 16.4. The molecule has 1 aliphatic heterocycles. The quantitative estimate of drug-likeness (QED) is 0.814. The van der Waals surface area contributed by atoms with Crippen molar-refractivity contribution in [3.05, 3.63) is 24.3 Å². The summed E-state index contributed by atoms with van der Waals surface area (Å²) in [6, 6.07) is 8.00. The van der Waals surface area contributed by atoms with Gasteiger partial charge in [-0.05, 0) is 55.2 Å². The summed E-state index contributed by atoms with van der Waals surface area (Å²) in [5.41, 5.74) is 1.17. The Morgan fingerprint density at radius 1 is 1.09 bits per heavy atom. The third kappa shape index (κ3) is 4.08. The maximum Gasteiger partial charge on any atom is 0.169 e. The number of nitrogens with one attached hydrogen (secondary N) is 1. The van der Waals surface area contributed by atoms with Crippen LogP contribution in [0.5, 0.6) is 5.75 Å². The van der Waals surface area contributed by atoms with E-state index in [9.17, 15) is 5.11 Å². The summed E-state index contributed by atoms with van der Waals surface area (Å²) in [5.74, 6) is 1.04. The zero-order chi connectivity index (χ0) is 16.2. The maximum absolute atomic E-state index is 9.39. The van der Waals surface area contributed by atoms with Crippen LogP contribution in [0.3, 0.4) is 0 Å². The molecule has 0 spiro atoms. The summed E-state index contributed by atoms with van der Waals surface area (Å²) >= 11 is 5.64. The van der Waals surface area contributed by atoms with Gasteiger partial charge >= 0.3 is 0 Å². The first-order valence-electron chi connectivity index (χ1n) is 8.73. The topological polar surface area (TPSA) is 38.7 Å². The molecule has 1 aliphatic carbocycles. The number of aromatic hydroxyl groups is 1. The highest BCUT2D eigenvalue weighted by molar-refractivity contribution is 7.80. The molecule has 2 aliphatic rings. The number of anilines is 1. The summed E-state index contributed by atoms with van der Waals surface area (Å²) in [5, 5.41) is 13.9. The highest BCUT2D eigenvalue weighted by Gasteiger charge is 2.25. The van der Waals surface area contributed by atoms with Crippen molar-refractivity contribution in [1.82, 2.24) is 10.2 Å². The van der Waals surface area contributed by atoms with Gasteiger partial charge in [-0.15, -0.1) is 0 Å². The van der Waals surface area contributed by atoms with E-state index in [2.05, 4.69) is 22.0 Å². The largest absolute Gasteiger partial charge is 0.508 e. The van der Waals surface area contributed by atoms with Gasteiger partial charge in [-0.25, -0.2) is 0 Å². The van der Waals surface area contributed by atoms with E-state index in [0.717, 1.165) is 37.2 Å². The summed E-state index contributed by atoms with van der Waals surface area (Å²) in [6.07, 6.45) is 5.24. The molecule has 1 heterocycles. The number of phenols is 1. The maximum atomic E-state index is 9.39. The van der Waals surface area contributed by atoms with Crippen molar-refractivity contribution in [2.24, 2.45) is 5.92 Å². The zero-order valence-electron chi connectivity index (χ0n) is 13.9. The van der Waals surface area contributed by atoms with Gasteiger partial charge in [0.15, 0.2) is 5.11 Å². The lowest BCUT2D eigenvalue weighted by Crippen LogP contribution is -2.54. The molecule has 1 saturated heterocycles. The third-order valence-electron chi connectivity index (χ3n) is 5.20. The van der Waals surface area contributed by atoms with E-state index in [4.69, 9.17) is 12.2 Å². The van der Waals surface area contributed by atoms with Crippen LogP contribution in [-0.2, 0) is 0 Å². The van der Waals surface area contributed by atoms with Crippen molar-refractivity contribution in [2.45, 2.75) is 38.6 Å². The first-order chi connectivity index (χ1) is 11.1. The van der Waals surface area contributed by atoms with Gasteiger partial charge in [0.1, 0.15) is 5.75 Å². The molecule has 4 nitrogen and oxygen atoms in total. The number of nitrogens with zero attached hydrogens (tertiary/aromatic N) is 2. The second kappa shape index (κ2) is 7.39. The fourth-order valence-electron chi connectivity index (χ4n) is 3.61. The van der Waals surface area contributed by atoms with E-state index in [0.29, 0.717) is 11.8 Å². The van der Waals surface area contributed by atoms with Gasteiger partial charge in [-0.3, -0.25) is 0 Å². The van der Waals surface area contributed by atoms with Crippen molar-refractivity contribution < 1.29 is 5.11 Å². The SMILES string of the molecule is C[C@@H]1CCCC[C@H]1NC(=S)N1CCN(c2ccc(O)cc2)CC1. The Labute approximate surface area is 144 Å². The van der Waals surface area contributed by atoms with Crippen LogP contribution >= 0.6 is 12.2 Å². The third-order valence-corrected chi connectivity index (χ3v) is 5.58. The number of rotatable bonds is 2. The van der Waals surface area contributed by atoms with Crippen molar-refractivity contribution in [3.63, 3.8) is 0 Å². The monoisotopic (exact) mass is 333 g/mol. The van der Waals surface area contributed by atoms with E-state index < -0.39 is 0 Å². The van der Waals surface area contributed by atoms with E-state index in [1.807, 2.05) is 12.1 Å². The number of hydrogen-bond donors (Lipinski definition) is 2. The Kier molecular flexibility index (Phi) is 5.26. The van der Waals surface area contributed by atoms with Crippen molar-refractivity contribution in [1.29, 1.82) is 0 Å². The lowest BCUT2D eigenvalue weighted by atomic mass is 9.86. The van der Waals surface area contributed by atoms with Gasteiger partial charge in [0.25, 0.3) is 0 Å². The standard InChI is InChI=1S/C18H27N3OS/c1-14-4-2-3-5-17(14)19-18(23)21-12-10-20(11-13-21)15-6-8-16(22)9-7-15/h6-9,14,17,22H,2-5,10-13H2,1H3,(H,19,23)/t14-,17-/m1/s1. The summed E-state index contributed by atoms with van der Waals surface area (Å²) < 4.78 is 0. The average molecular weight is 334 g/mol. The minimum Gasteiger partial charge on any atom is -0.508 e. The Morgan fingerprint density at radius 2 is 1.74 bits per heavy atom. The fraction of sp³-hybridized carbons (Fsp3) is 0.611. The van der Waals surface area contributed by atoms with E-state index in [-0.39, 0.29) is 0 Å². The minimum atomic E-state index is 0.319. The van der Waals surface area contributed by atoms with Gasteiger partial charge in [0, 0.05) is 37.9 Å². The van der Waals surface area contributed by atoms with Crippen molar-refractivity contribution in [3.8, 4) is 5.75 Å². The van der Waals surface area contributed by atoms with Crippen LogP contribution in [0, 0.1) is 5.92 Å². The molecule has 1 aromatic carbocycles. The van der Waals surface area contributed by atoms with Gasteiger partial charge in [-0.1, -0.05) is 19.8 Å². The normalized spacial score (nSPS) is 25.3. The molecule has 126 valence electrons. The van der Waals surface area contributed by atoms with Gasteiger partial charge < -0.3 is 20.2 Å². The molecule has 0 aromatic heterocycles. The highest BCUT2D eigenvalue weighted by Crippen LogP contribution is 2.24. The van der Waals surface area contributed by atoms with Crippen LogP contribution < -0.4 is 10.2 Å². The van der Waals surface area contributed by atoms with Crippen LogP contribution in [0.1, 0.15) is 32.6 Å². The number of thiocarbonyl (C=S) groups is 1. The molecule has 2 fully saturated rings. The smallest absolute Gasteiger partial charge is 0.169 e. The zero-order valence-corrected chi connectivity index (χ0v) is 14.7. The molecule has 0 bridgehead atoms. The molecule has 0 radical (unpaired) electrons. The number of phenolic OH excluding ortho intramolecular Hbond substituents is 1. The second-order valence-corrected chi connectivity index (χ2v) is 7.19. The number of piperazine rings is 1. The van der Waals surface area contributed by atoms with Crippen LogP contribution in [0.2, 0.25) is 0 Å². The Balaban J connectivity index is 1.50. The summed E-state index contributed by atoms with van der Waals surface area (Å²) in [7, 11) is 0. The Morgan fingerprint density at radius 3 is 2.39 bits per heavy atom. The van der Waals surface area contributed by atoms with E-state index in [1.165, 1.54) is 31.4 Å². The molecule has 0 unspecified atom stereocenters. The van der Waals surface area contributed by atoms with Gasteiger partial charge in [0.2, 0.25) is 0 Å². The predicted octanol–water partition coefficient (Wildman–Crippen LogP) is 2.97. The van der Waals surface area contributed by atoms with Crippen LogP contribution in [0.15, 0.2) is 24.3 Å². The van der Waals surface area contributed by atoms with Gasteiger partial charge in [0.05, 0.1) is 0 Å². The molecular formula is C18H27N3OS. The highest BCUT2D eigenvalue weighted by atomic mass is 32.1. The first-order valence-corrected chi connectivity index (χ1v) is 9.14. The summed E-state index contributed by atoms with van der Waals surface area (Å²) in [6.45, 7) is 6.17. The van der Waals surface area contributed by atoms with Crippen LogP contribution in [-0.4, -0.2) is 47.3 Å². The van der Waals surface area contributed by atoms with Crippen molar-refractivity contribution in [2.75, 3.05) is 31.1 Å². The lowest BCUT2D eigenvalue weighted by Gasteiger charge is -2.39. The molecule has 2 atom stereocenters.